The van der Waals surface area contributed by atoms with Crippen LogP contribution < -0.4 is 0 Å². The van der Waals surface area contributed by atoms with E-state index in [0.717, 1.165) is 35.2 Å². The van der Waals surface area contributed by atoms with Gasteiger partial charge in [0.1, 0.15) is 0 Å². The third kappa shape index (κ3) is 13.7. The zero-order valence-electron chi connectivity index (χ0n) is 28.8. The molecule has 4 aliphatic rings. The van der Waals surface area contributed by atoms with Crippen LogP contribution in [0.5, 0.6) is 0 Å². The first-order valence-corrected chi connectivity index (χ1v) is 29.2. The standard InChI is InChI=1S/C35H38O2S15/c1-5-23-24(17-38)46-27(45-23)11-13-30-50-33(41-4)35(52-30)44-20-22-9-7-21(8-10-22)19-43-31-25(18-39)47-28(48-31)12-14-29-49-32(40-3)34(51-29)42-16-15-26(36)37-6-2/h7-14,38-39H,5-6,15-20H2,1-4H3. The summed E-state index contributed by atoms with van der Waals surface area (Å²) in [5.41, 5.74) is 2.70. The molecule has 0 N–H and O–H groups in total. The maximum atomic E-state index is 11.7. The normalized spacial score (nSPS) is 21.2. The molecule has 0 spiro atoms. The van der Waals surface area contributed by atoms with Crippen molar-refractivity contribution in [2.24, 2.45) is 0 Å². The average molecular weight is 972 g/mol. The van der Waals surface area contributed by atoms with Gasteiger partial charge in [-0.05, 0) is 61.3 Å². The van der Waals surface area contributed by atoms with Crippen molar-refractivity contribution in [3.63, 3.8) is 0 Å². The molecule has 4 heterocycles. The highest BCUT2D eigenvalue weighted by Gasteiger charge is 2.24. The molecule has 2 nitrogen and oxygen atoms in total. The molecule has 0 saturated heterocycles. The van der Waals surface area contributed by atoms with Gasteiger partial charge in [-0.1, -0.05) is 125 Å². The summed E-state index contributed by atoms with van der Waals surface area (Å²) in [6.45, 7) is 4.51. The number of allylic oxidation sites excluding steroid dienone is 5. The largest absolute Gasteiger partial charge is 0.466 e. The molecule has 5 rings (SSSR count). The lowest BCUT2D eigenvalue weighted by Gasteiger charge is -2.06. The van der Waals surface area contributed by atoms with Crippen molar-refractivity contribution in [3.8, 4) is 0 Å². The minimum absolute atomic E-state index is 0.123. The second-order valence-corrected chi connectivity index (χ2v) is 26.7. The van der Waals surface area contributed by atoms with Gasteiger partial charge < -0.3 is 4.74 Å². The second-order valence-electron chi connectivity index (χ2n) is 10.3. The minimum Gasteiger partial charge on any atom is -0.466 e. The van der Waals surface area contributed by atoms with E-state index in [1.165, 1.54) is 64.0 Å². The van der Waals surface area contributed by atoms with Crippen LogP contribution in [-0.4, -0.2) is 42.3 Å². The van der Waals surface area contributed by atoms with Gasteiger partial charge in [-0.2, -0.15) is 25.3 Å². The number of carbonyl (C=O) groups excluding carboxylic acids is 1. The van der Waals surface area contributed by atoms with Crippen LogP contribution in [0, 0.1) is 0 Å². The van der Waals surface area contributed by atoms with Gasteiger partial charge in [0, 0.05) is 47.7 Å². The molecule has 0 radical (unpaired) electrons. The summed E-state index contributed by atoms with van der Waals surface area (Å²) in [6.07, 6.45) is 14.9. The zero-order chi connectivity index (χ0) is 36.9. The molecule has 4 aliphatic heterocycles. The van der Waals surface area contributed by atoms with Gasteiger partial charge in [0.2, 0.25) is 0 Å². The van der Waals surface area contributed by atoms with Gasteiger partial charge in [-0.25, -0.2) is 0 Å². The molecule has 0 aliphatic carbocycles. The second kappa shape index (κ2) is 24.1. The highest BCUT2D eigenvalue weighted by molar-refractivity contribution is 8.41. The van der Waals surface area contributed by atoms with E-state index < -0.39 is 0 Å². The molecule has 0 unspecified atom stereocenters. The predicted octanol–water partition coefficient (Wildman–Crippen LogP) is 15.8. The van der Waals surface area contributed by atoms with E-state index >= 15 is 0 Å². The van der Waals surface area contributed by atoms with Gasteiger partial charge in [0.25, 0.3) is 0 Å². The molecule has 1 aromatic rings. The van der Waals surface area contributed by atoms with E-state index in [0.29, 0.717) is 13.0 Å². The molecule has 0 amide bonds. The van der Waals surface area contributed by atoms with Crippen molar-refractivity contribution in [1.29, 1.82) is 0 Å². The maximum Gasteiger partial charge on any atom is 0.306 e. The Labute approximate surface area is 376 Å². The van der Waals surface area contributed by atoms with Crippen molar-refractivity contribution in [2.45, 2.75) is 38.2 Å². The molecular formula is C35H38O2S15. The Kier molecular flexibility index (Phi) is 20.8. The molecular weight excluding hydrogens is 933 g/mol. The summed E-state index contributed by atoms with van der Waals surface area (Å²) < 4.78 is 17.1. The Morgan fingerprint density at radius 3 is 1.56 bits per heavy atom. The first kappa shape index (κ1) is 45.0. The van der Waals surface area contributed by atoms with E-state index in [9.17, 15) is 4.79 Å². The fourth-order valence-corrected chi connectivity index (χ4v) is 22.1. The maximum absolute atomic E-state index is 11.7. The molecule has 17 heteroatoms. The van der Waals surface area contributed by atoms with E-state index in [4.69, 9.17) is 4.74 Å². The summed E-state index contributed by atoms with van der Waals surface area (Å²) in [5.74, 6) is 4.10. The lowest BCUT2D eigenvalue weighted by molar-refractivity contribution is -0.142. The van der Waals surface area contributed by atoms with Gasteiger partial charge in [0.05, 0.1) is 46.9 Å². The van der Waals surface area contributed by atoms with Crippen molar-refractivity contribution >= 4 is 184 Å². The summed E-state index contributed by atoms with van der Waals surface area (Å²) in [5, 5.41) is 0. The van der Waals surface area contributed by atoms with Gasteiger partial charge in [-0.3, -0.25) is 4.79 Å². The lowest BCUT2D eigenvalue weighted by Crippen LogP contribution is -2.04. The monoisotopic (exact) mass is 970 g/mol. The van der Waals surface area contributed by atoms with Crippen LogP contribution in [0.4, 0.5) is 0 Å². The Hall–Kier alpha value is 1.86. The number of thiol groups is 2. The highest BCUT2D eigenvalue weighted by atomic mass is 32.3. The number of benzene rings is 1. The fraction of sp³-hybridized carbons (Fsp3) is 0.343. The Bertz CT molecular complexity index is 1700. The molecule has 0 atom stereocenters. The quantitative estimate of drug-likeness (QED) is 0.108. The number of thioether (sulfide) groups is 13. The molecule has 52 heavy (non-hydrogen) atoms. The molecule has 0 bridgehead atoms. The van der Waals surface area contributed by atoms with Crippen molar-refractivity contribution in [1.82, 2.24) is 0 Å². The van der Waals surface area contributed by atoms with Crippen LogP contribution in [0.15, 0.2) is 101 Å². The lowest BCUT2D eigenvalue weighted by atomic mass is 10.2. The number of hydrogen-bond donors (Lipinski definition) is 2. The van der Waals surface area contributed by atoms with Crippen molar-refractivity contribution in [3.05, 3.63) is 113 Å². The van der Waals surface area contributed by atoms with Crippen molar-refractivity contribution < 1.29 is 9.53 Å². The minimum atomic E-state index is -0.123. The van der Waals surface area contributed by atoms with Crippen LogP contribution in [0.2, 0.25) is 0 Å². The molecule has 1 aromatic carbocycles. The van der Waals surface area contributed by atoms with E-state index in [-0.39, 0.29) is 5.97 Å². The number of hydrogen-bond acceptors (Lipinski definition) is 17. The summed E-state index contributed by atoms with van der Waals surface area (Å²) in [6, 6.07) is 9.16. The smallest absolute Gasteiger partial charge is 0.306 e. The number of carbonyl (C=O) groups is 1. The summed E-state index contributed by atoms with van der Waals surface area (Å²) in [4.78, 5) is 15.9. The Balaban J connectivity index is 1.07. The number of ether oxygens (including phenoxy) is 1. The number of rotatable bonds is 18. The van der Waals surface area contributed by atoms with Gasteiger partial charge >= 0.3 is 5.97 Å². The summed E-state index contributed by atoms with van der Waals surface area (Å²) in [7, 11) is 0. The highest BCUT2D eigenvalue weighted by Crippen LogP contribution is 2.59. The predicted molar refractivity (Wildman–Crippen MR) is 269 cm³/mol. The first-order chi connectivity index (χ1) is 25.4. The van der Waals surface area contributed by atoms with Crippen LogP contribution in [0.3, 0.4) is 0 Å². The SMILES string of the molecule is CCOC(=O)CCSC1=C(SC)SC(=CC=C2SC(CS)=C(SCc3ccc(CSC4=C(SC)SC(=CC=C5SC(CC)=C(CS)S5)S4)cc3)S2)S1. The first-order valence-electron chi connectivity index (χ1n) is 16.0. The van der Waals surface area contributed by atoms with E-state index in [1.807, 2.05) is 136 Å². The van der Waals surface area contributed by atoms with E-state index in [1.54, 1.807) is 23.5 Å². The van der Waals surface area contributed by atoms with Gasteiger partial charge in [0.15, 0.2) is 0 Å². The van der Waals surface area contributed by atoms with Crippen LogP contribution in [0.25, 0.3) is 0 Å². The summed E-state index contributed by atoms with van der Waals surface area (Å²) >= 11 is 33.4. The third-order valence-electron chi connectivity index (χ3n) is 6.81. The Morgan fingerprint density at radius 1 is 0.615 bits per heavy atom. The van der Waals surface area contributed by atoms with Gasteiger partial charge in [-0.15, -0.1) is 58.8 Å². The van der Waals surface area contributed by atoms with Crippen molar-refractivity contribution in [2.75, 3.05) is 36.4 Å². The zero-order valence-corrected chi connectivity index (χ0v) is 41.2. The van der Waals surface area contributed by atoms with E-state index in [2.05, 4.69) is 93.3 Å². The topological polar surface area (TPSA) is 26.3 Å². The number of esters is 1. The fourth-order valence-electron chi connectivity index (χ4n) is 4.34. The van der Waals surface area contributed by atoms with Crippen LogP contribution in [0.1, 0.15) is 37.8 Å². The molecule has 0 aromatic heterocycles. The molecule has 0 fully saturated rings. The third-order valence-corrected chi connectivity index (χ3v) is 25.3. The average Bonchev–Trinajstić information content (AvgIpc) is 3.96. The Morgan fingerprint density at radius 2 is 1.06 bits per heavy atom. The van der Waals surface area contributed by atoms with Crippen LogP contribution >= 0.6 is 178 Å². The molecule has 0 saturated carbocycles. The van der Waals surface area contributed by atoms with Crippen LogP contribution in [-0.2, 0) is 21.0 Å². The molecule has 280 valence electrons.